The van der Waals surface area contributed by atoms with Gasteiger partial charge in [-0.25, -0.2) is 4.98 Å². The van der Waals surface area contributed by atoms with Gasteiger partial charge in [0.1, 0.15) is 18.0 Å². The van der Waals surface area contributed by atoms with Crippen molar-refractivity contribution < 1.29 is 4.74 Å². The molecule has 4 heteroatoms. The summed E-state index contributed by atoms with van der Waals surface area (Å²) in [6.45, 7) is 2.45. The zero-order valence-corrected chi connectivity index (χ0v) is 12.1. The van der Waals surface area contributed by atoms with E-state index in [2.05, 4.69) is 11.1 Å². The van der Waals surface area contributed by atoms with Crippen LogP contribution in [0.3, 0.4) is 0 Å². The van der Waals surface area contributed by atoms with Crippen LogP contribution in [0.1, 0.15) is 18.2 Å². The van der Waals surface area contributed by atoms with Crippen LogP contribution in [0.2, 0.25) is 0 Å². The number of hydrogen-bond acceptors (Lipinski definition) is 3. The number of para-hydroxylation sites is 1. The standard InChI is InChI=1S/C17H19N3O/c1-13(18)10-14-6-2-3-7-16(14)21-12-15-11-20-9-5-4-8-17(20)19-15/h2-9,11,13H,10,12,18H2,1H3. The fraction of sp³-hybridized carbons (Fsp3) is 0.235. The number of hydrogen-bond donors (Lipinski definition) is 1. The molecule has 2 heterocycles. The van der Waals surface area contributed by atoms with Gasteiger partial charge in [0.25, 0.3) is 0 Å². The number of imidazole rings is 1. The maximum absolute atomic E-state index is 5.92. The summed E-state index contributed by atoms with van der Waals surface area (Å²) in [4.78, 5) is 4.53. The van der Waals surface area contributed by atoms with Gasteiger partial charge in [-0.2, -0.15) is 0 Å². The number of benzene rings is 1. The Labute approximate surface area is 124 Å². The number of aromatic nitrogens is 2. The van der Waals surface area contributed by atoms with Gasteiger partial charge >= 0.3 is 0 Å². The minimum absolute atomic E-state index is 0.116. The molecule has 0 amide bonds. The van der Waals surface area contributed by atoms with E-state index < -0.39 is 0 Å². The largest absolute Gasteiger partial charge is 0.487 e. The molecule has 0 spiro atoms. The van der Waals surface area contributed by atoms with Crippen molar-refractivity contribution in [2.24, 2.45) is 5.73 Å². The van der Waals surface area contributed by atoms with Crippen LogP contribution in [-0.2, 0) is 13.0 Å². The highest BCUT2D eigenvalue weighted by Crippen LogP contribution is 2.20. The summed E-state index contributed by atoms with van der Waals surface area (Å²) in [7, 11) is 0. The second-order valence-electron chi connectivity index (χ2n) is 5.28. The van der Waals surface area contributed by atoms with Gasteiger partial charge in [-0.05, 0) is 37.1 Å². The summed E-state index contributed by atoms with van der Waals surface area (Å²) in [5.41, 5.74) is 8.86. The number of ether oxygens (including phenoxy) is 1. The lowest BCUT2D eigenvalue weighted by Crippen LogP contribution is -2.18. The van der Waals surface area contributed by atoms with E-state index in [1.54, 1.807) is 0 Å². The Morgan fingerprint density at radius 2 is 2.00 bits per heavy atom. The first kappa shape index (κ1) is 13.6. The first-order chi connectivity index (χ1) is 10.2. The summed E-state index contributed by atoms with van der Waals surface area (Å²) in [5.74, 6) is 0.881. The Morgan fingerprint density at radius 3 is 2.81 bits per heavy atom. The second kappa shape index (κ2) is 5.97. The van der Waals surface area contributed by atoms with E-state index in [1.807, 2.05) is 60.1 Å². The van der Waals surface area contributed by atoms with Crippen molar-refractivity contribution in [2.45, 2.75) is 26.0 Å². The summed E-state index contributed by atoms with van der Waals surface area (Å²) in [6.07, 6.45) is 4.78. The number of nitrogens with two attached hydrogens (primary N) is 1. The zero-order valence-electron chi connectivity index (χ0n) is 12.1. The Bertz CT molecular complexity index is 700. The predicted octanol–water partition coefficient (Wildman–Crippen LogP) is 2.80. The molecule has 0 radical (unpaired) electrons. The lowest BCUT2D eigenvalue weighted by Gasteiger charge is -2.12. The zero-order chi connectivity index (χ0) is 14.7. The minimum Gasteiger partial charge on any atom is -0.487 e. The summed E-state index contributed by atoms with van der Waals surface area (Å²) in [6, 6.07) is 14.1. The Kier molecular flexibility index (Phi) is 3.88. The number of rotatable bonds is 5. The van der Waals surface area contributed by atoms with Crippen molar-refractivity contribution in [2.75, 3.05) is 0 Å². The monoisotopic (exact) mass is 281 g/mol. The normalized spacial score (nSPS) is 12.5. The van der Waals surface area contributed by atoms with Crippen molar-refractivity contribution in [1.82, 2.24) is 9.38 Å². The van der Waals surface area contributed by atoms with Crippen LogP contribution in [-0.4, -0.2) is 15.4 Å². The molecule has 3 rings (SSSR count). The maximum atomic E-state index is 5.92. The van der Waals surface area contributed by atoms with Gasteiger partial charge in [-0.1, -0.05) is 24.3 Å². The van der Waals surface area contributed by atoms with Crippen LogP contribution in [0.15, 0.2) is 54.9 Å². The Balaban J connectivity index is 1.75. The molecule has 1 unspecified atom stereocenters. The van der Waals surface area contributed by atoms with Gasteiger partial charge in [0.2, 0.25) is 0 Å². The molecule has 4 nitrogen and oxygen atoms in total. The number of nitrogens with zero attached hydrogens (tertiary/aromatic N) is 2. The SMILES string of the molecule is CC(N)Cc1ccccc1OCc1cn2ccccc2n1. The lowest BCUT2D eigenvalue weighted by atomic mass is 10.1. The third kappa shape index (κ3) is 3.23. The molecular formula is C17H19N3O. The molecule has 1 atom stereocenters. The molecule has 0 saturated carbocycles. The highest BCUT2D eigenvalue weighted by molar-refractivity contribution is 5.39. The average molecular weight is 281 g/mol. The van der Waals surface area contributed by atoms with E-state index in [0.717, 1.165) is 29.1 Å². The predicted molar refractivity (Wildman–Crippen MR) is 83.3 cm³/mol. The molecule has 0 aliphatic carbocycles. The van der Waals surface area contributed by atoms with Gasteiger partial charge < -0.3 is 14.9 Å². The van der Waals surface area contributed by atoms with E-state index in [4.69, 9.17) is 10.5 Å². The third-order valence-corrected chi connectivity index (χ3v) is 3.30. The van der Waals surface area contributed by atoms with Crippen LogP contribution >= 0.6 is 0 Å². The summed E-state index contributed by atoms with van der Waals surface area (Å²) in [5, 5.41) is 0. The van der Waals surface area contributed by atoms with Crippen molar-refractivity contribution in [3.8, 4) is 5.75 Å². The Hall–Kier alpha value is -2.33. The smallest absolute Gasteiger partial charge is 0.137 e. The van der Waals surface area contributed by atoms with E-state index in [9.17, 15) is 0 Å². The molecule has 0 saturated heterocycles. The maximum Gasteiger partial charge on any atom is 0.137 e. The molecule has 0 fully saturated rings. The fourth-order valence-electron chi connectivity index (χ4n) is 2.37. The number of pyridine rings is 1. The van der Waals surface area contributed by atoms with Crippen LogP contribution in [0.4, 0.5) is 0 Å². The third-order valence-electron chi connectivity index (χ3n) is 3.30. The molecule has 108 valence electrons. The second-order valence-corrected chi connectivity index (χ2v) is 5.28. The molecule has 3 aromatic rings. The van der Waals surface area contributed by atoms with Crippen LogP contribution in [0, 0.1) is 0 Å². The average Bonchev–Trinajstić information content (AvgIpc) is 2.88. The first-order valence-electron chi connectivity index (χ1n) is 7.11. The van der Waals surface area contributed by atoms with E-state index in [-0.39, 0.29) is 6.04 Å². The van der Waals surface area contributed by atoms with E-state index in [1.165, 1.54) is 0 Å². The van der Waals surface area contributed by atoms with E-state index in [0.29, 0.717) is 6.61 Å². The fourth-order valence-corrected chi connectivity index (χ4v) is 2.37. The molecule has 21 heavy (non-hydrogen) atoms. The Morgan fingerprint density at radius 1 is 1.19 bits per heavy atom. The summed E-state index contributed by atoms with van der Waals surface area (Å²) >= 11 is 0. The van der Waals surface area contributed by atoms with Crippen molar-refractivity contribution in [1.29, 1.82) is 0 Å². The van der Waals surface area contributed by atoms with Gasteiger partial charge in [-0.3, -0.25) is 0 Å². The quantitative estimate of drug-likeness (QED) is 0.782. The van der Waals surface area contributed by atoms with Gasteiger partial charge in [0, 0.05) is 18.4 Å². The van der Waals surface area contributed by atoms with Crippen LogP contribution in [0.25, 0.3) is 5.65 Å². The lowest BCUT2D eigenvalue weighted by molar-refractivity contribution is 0.298. The van der Waals surface area contributed by atoms with Gasteiger partial charge in [-0.15, -0.1) is 0 Å². The molecule has 2 N–H and O–H groups in total. The van der Waals surface area contributed by atoms with Crippen LogP contribution in [0.5, 0.6) is 5.75 Å². The van der Waals surface area contributed by atoms with Gasteiger partial charge in [0.05, 0.1) is 5.69 Å². The topological polar surface area (TPSA) is 52.5 Å². The first-order valence-corrected chi connectivity index (χ1v) is 7.11. The molecular weight excluding hydrogens is 262 g/mol. The summed E-state index contributed by atoms with van der Waals surface area (Å²) < 4.78 is 7.91. The van der Waals surface area contributed by atoms with Crippen LogP contribution < -0.4 is 10.5 Å². The highest BCUT2D eigenvalue weighted by Gasteiger charge is 2.07. The van der Waals surface area contributed by atoms with Gasteiger partial charge in [0.15, 0.2) is 0 Å². The molecule has 2 aromatic heterocycles. The van der Waals surface area contributed by atoms with Crippen molar-refractivity contribution in [3.05, 3.63) is 66.1 Å². The molecule has 0 aliphatic heterocycles. The highest BCUT2D eigenvalue weighted by atomic mass is 16.5. The minimum atomic E-state index is 0.116. The van der Waals surface area contributed by atoms with E-state index >= 15 is 0 Å². The number of fused-ring (bicyclic) bond motifs is 1. The molecule has 1 aromatic carbocycles. The molecule has 0 aliphatic rings. The van der Waals surface area contributed by atoms with Crippen molar-refractivity contribution >= 4 is 5.65 Å². The molecule has 0 bridgehead atoms. The van der Waals surface area contributed by atoms with Crippen molar-refractivity contribution in [3.63, 3.8) is 0 Å².